The Morgan fingerprint density at radius 1 is 1.56 bits per heavy atom. The van der Waals surface area contributed by atoms with Crippen LogP contribution in [0, 0.1) is 17.1 Å². The van der Waals surface area contributed by atoms with E-state index in [0.717, 1.165) is 0 Å². The minimum Gasteiger partial charge on any atom is -0.388 e. The minimum absolute atomic E-state index is 0.332. The average molecular weight is 220 g/mol. The molecule has 1 aliphatic rings. The molecular formula is C12H13FN2O. The Kier molecular flexibility index (Phi) is 2.66. The largest absolute Gasteiger partial charge is 0.388 e. The van der Waals surface area contributed by atoms with Crippen molar-refractivity contribution in [2.24, 2.45) is 0 Å². The van der Waals surface area contributed by atoms with Crippen LogP contribution in [0.2, 0.25) is 0 Å². The predicted octanol–water partition coefficient (Wildman–Crippen LogP) is 1.26. The highest BCUT2D eigenvalue weighted by atomic mass is 19.1. The molecular weight excluding hydrogens is 207 g/mol. The lowest BCUT2D eigenvalue weighted by Crippen LogP contribution is -2.59. The van der Waals surface area contributed by atoms with Crippen molar-refractivity contribution < 1.29 is 9.50 Å². The van der Waals surface area contributed by atoms with Gasteiger partial charge in [-0.3, -0.25) is 4.90 Å². The van der Waals surface area contributed by atoms with Gasteiger partial charge in [0.2, 0.25) is 0 Å². The Bertz CT molecular complexity index is 443. The zero-order valence-corrected chi connectivity index (χ0v) is 9.07. The molecule has 0 saturated carbocycles. The van der Waals surface area contributed by atoms with Crippen molar-refractivity contribution in [1.82, 2.24) is 4.90 Å². The minimum atomic E-state index is -0.639. The molecule has 0 atom stereocenters. The first-order valence-electron chi connectivity index (χ1n) is 5.13. The Balaban J connectivity index is 2.10. The Labute approximate surface area is 93.7 Å². The third-order valence-corrected chi connectivity index (χ3v) is 2.71. The van der Waals surface area contributed by atoms with Crippen molar-refractivity contribution in [3.8, 4) is 6.07 Å². The molecule has 16 heavy (non-hydrogen) atoms. The average Bonchev–Trinajstić information content (AvgIpc) is 2.15. The molecule has 2 rings (SSSR count). The fourth-order valence-corrected chi connectivity index (χ4v) is 2.07. The van der Waals surface area contributed by atoms with E-state index in [9.17, 15) is 9.50 Å². The van der Waals surface area contributed by atoms with Gasteiger partial charge in [-0.05, 0) is 30.7 Å². The molecule has 0 aromatic heterocycles. The van der Waals surface area contributed by atoms with Crippen molar-refractivity contribution in [2.75, 3.05) is 13.1 Å². The summed E-state index contributed by atoms with van der Waals surface area (Å²) in [6.07, 6.45) is 0. The second-order valence-corrected chi connectivity index (χ2v) is 4.56. The topological polar surface area (TPSA) is 47.3 Å². The molecule has 1 aromatic carbocycles. The molecule has 1 aromatic rings. The van der Waals surface area contributed by atoms with Crippen LogP contribution < -0.4 is 0 Å². The lowest BCUT2D eigenvalue weighted by atomic mass is 9.95. The number of likely N-dealkylation sites (tertiary alicyclic amines) is 1. The Morgan fingerprint density at radius 2 is 2.25 bits per heavy atom. The Morgan fingerprint density at radius 3 is 2.81 bits per heavy atom. The van der Waals surface area contributed by atoms with Crippen LogP contribution in [0.25, 0.3) is 0 Å². The highest BCUT2D eigenvalue weighted by Gasteiger charge is 2.36. The third kappa shape index (κ3) is 2.21. The first-order chi connectivity index (χ1) is 7.50. The van der Waals surface area contributed by atoms with Crippen LogP contribution in [0.4, 0.5) is 4.39 Å². The number of rotatable bonds is 2. The maximum atomic E-state index is 13.0. The van der Waals surface area contributed by atoms with Crippen molar-refractivity contribution in [1.29, 1.82) is 5.26 Å². The molecule has 4 heteroatoms. The lowest BCUT2D eigenvalue weighted by Gasteiger charge is -2.44. The highest BCUT2D eigenvalue weighted by Crippen LogP contribution is 2.23. The highest BCUT2D eigenvalue weighted by molar-refractivity contribution is 5.37. The van der Waals surface area contributed by atoms with E-state index >= 15 is 0 Å². The number of aliphatic hydroxyl groups is 1. The van der Waals surface area contributed by atoms with Gasteiger partial charge >= 0.3 is 0 Å². The molecule has 1 aliphatic heterocycles. The number of halogens is 1. The molecule has 84 valence electrons. The van der Waals surface area contributed by atoms with Gasteiger partial charge in [0.05, 0.1) is 17.2 Å². The Hall–Kier alpha value is -1.44. The smallest absolute Gasteiger partial charge is 0.123 e. The van der Waals surface area contributed by atoms with Crippen molar-refractivity contribution in [2.45, 2.75) is 19.1 Å². The summed E-state index contributed by atoms with van der Waals surface area (Å²) in [4.78, 5) is 1.98. The van der Waals surface area contributed by atoms with E-state index in [2.05, 4.69) is 0 Å². The zero-order valence-electron chi connectivity index (χ0n) is 9.07. The molecule has 1 fully saturated rings. The van der Waals surface area contributed by atoms with Gasteiger partial charge < -0.3 is 5.11 Å². The van der Waals surface area contributed by atoms with Crippen molar-refractivity contribution >= 4 is 0 Å². The fourth-order valence-electron chi connectivity index (χ4n) is 2.07. The van der Waals surface area contributed by atoms with Crippen LogP contribution in [0.1, 0.15) is 18.1 Å². The molecule has 0 bridgehead atoms. The number of benzene rings is 1. The number of nitrogens with zero attached hydrogens (tertiary/aromatic N) is 2. The first-order valence-corrected chi connectivity index (χ1v) is 5.13. The summed E-state index contributed by atoms with van der Waals surface area (Å²) in [5.74, 6) is -0.332. The predicted molar refractivity (Wildman–Crippen MR) is 57.0 cm³/mol. The molecule has 1 saturated heterocycles. The standard InChI is InChI=1S/C12H13FN2O/c1-12(16)7-15(8-12)6-10-4-11(13)3-2-9(10)5-14/h2-4,16H,6-8H2,1H3. The van der Waals surface area contributed by atoms with Gasteiger partial charge in [0.25, 0.3) is 0 Å². The van der Waals surface area contributed by atoms with Crippen molar-refractivity contribution in [3.05, 3.63) is 35.1 Å². The maximum absolute atomic E-state index is 13.0. The molecule has 0 radical (unpaired) electrons. The van der Waals surface area contributed by atoms with Crippen LogP contribution in [-0.4, -0.2) is 28.7 Å². The summed E-state index contributed by atoms with van der Waals surface area (Å²) in [5.41, 5.74) is 0.533. The van der Waals surface area contributed by atoms with Gasteiger partial charge in [0.1, 0.15) is 5.82 Å². The SMILES string of the molecule is CC1(O)CN(Cc2cc(F)ccc2C#N)C1. The van der Waals surface area contributed by atoms with Gasteiger partial charge in [-0.2, -0.15) is 5.26 Å². The second kappa shape index (κ2) is 3.85. The number of nitriles is 1. The van der Waals surface area contributed by atoms with Gasteiger partial charge in [0.15, 0.2) is 0 Å². The van der Waals surface area contributed by atoms with Gasteiger partial charge in [0, 0.05) is 19.6 Å². The summed E-state index contributed by atoms with van der Waals surface area (Å²) >= 11 is 0. The number of β-amino-alcohol motifs (C(OH)–C–C–N with tert-alkyl or cyclic N) is 1. The van der Waals surface area contributed by atoms with E-state index in [0.29, 0.717) is 30.8 Å². The van der Waals surface area contributed by atoms with Crippen LogP contribution in [0.3, 0.4) is 0 Å². The fraction of sp³-hybridized carbons (Fsp3) is 0.417. The maximum Gasteiger partial charge on any atom is 0.123 e. The molecule has 0 spiro atoms. The number of hydrogen-bond acceptors (Lipinski definition) is 3. The lowest BCUT2D eigenvalue weighted by molar-refractivity contribution is -0.0871. The van der Waals surface area contributed by atoms with Crippen LogP contribution >= 0.6 is 0 Å². The van der Waals surface area contributed by atoms with Crippen LogP contribution in [0.15, 0.2) is 18.2 Å². The second-order valence-electron chi connectivity index (χ2n) is 4.56. The molecule has 0 unspecified atom stereocenters. The molecule has 1 heterocycles. The van der Waals surface area contributed by atoms with E-state index < -0.39 is 5.60 Å². The van der Waals surface area contributed by atoms with Crippen molar-refractivity contribution in [3.63, 3.8) is 0 Å². The monoisotopic (exact) mass is 220 g/mol. The zero-order chi connectivity index (χ0) is 11.8. The summed E-state index contributed by atoms with van der Waals surface area (Å²) in [6.45, 7) is 3.40. The summed E-state index contributed by atoms with van der Waals surface area (Å²) < 4.78 is 13.0. The molecule has 1 N–H and O–H groups in total. The van der Waals surface area contributed by atoms with Crippen LogP contribution in [-0.2, 0) is 6.54 Å². The van der Waals surface area contributed by atoms with Gasteiger partial charge in [-0.1, -0.05) is 0 Å². The summed E-state index contributed by atoms with van der Waals surface area (Å²) in [6, 6.07) is 6.20. The normalized spacial score (nSPS) is 18.9. The first kappa shape index (κ1) is 11.1. The van der Waals surface area contributed by atoms with Crippen LogP contribution in [0.5, 0.6) is 0 Å². The number of hydrogen-bond donors (Lipinski definition) is 1. The van der Waals surface area contributed by atoms with E-state index in [1.165, 1.54) is 18.2 Å². The molecule has 0 aliphatic carbocycles. The van der Waals surface area contributed by atoms with Gasteiger partial charge in [-0.15, -0.1) is 0 Å². The van der Waals surface area contributed by atoms with E-state index in [1.54, 1.807) is 6.92 Å². The van der Waals surface area contributed by atoms with E-state index in [-0.39, 0.29) is 5.82 Å². The van der Waals surface area contributed by atoms with E-state index in [4.69, 9.17) is 5.26 Å². The molecule has 3 nitrogen and oxygen atoms in total. The van der Waals surface area contributed by atoms with E-state index in [1.807, 2.05) is 11.0 Å². The van der Waals surface area contributed by atoms with Gasteiger partial charge in [-0.25, -0.2) is 4.39 Å². The molecule has 0 amide bonds. The summed E-state index contributed by atoms with van der Waals surface area (Å²) in [5, 5.41) is 18.4. The third-order valence-electron chi connectivity index (χ3n) is 2.71. The quantitative estimate of drug-likeness (QED) is 0.816. The summed E-state index contributed by atoms with van der Waals surface area (Å²) in [7, 11) is 0.